The smallest absolute Gasteiger partial charge is 0.408 e. The second-order valence-electron chi connectivity index (χ2n) is 17.1. The Morgan fingerprint density at radius 1 is 1.05 bits per heavy atom. The fraction of sp³-hybridized carbons (Fsp3) is 0.636. The van der Waals surface area contributed by atoms with Gasteiger partial charge in [0.2, 0.25) is 0 Å². The van der Waals surface area contributed by atoms with Crippen LogP contribution in [0.4, 0.5) is 10.6 Å². The number of nitrogens with zero attached hydrogens (tertiary/aromatic N) is 2. The van der Waals surface area contributed by atoms with Gasteiger partial charge in [-0.1, -0.05) is 46.3 Å². The van der Waals surface area contributed by atoms with E-state index >= 15 is 0 Å². The highest BCUT2D eigenvalue weighted by Crippen LogP contribution is 2.40. The normalized spacial score (nSPS) is 35.7. The second-order valence-corrected chi connectivity index (χ2v) is 17.1. The van der Waals surface area contributed by atoms with Crippen LogP contribution < -0.4 is 10.6 Å². The molecular weight excluding hydrogens is 776 g/mol. The summed E-state index contributed by atoms with van der Waals surface area (Å²) in [6, 6.07) is 7.08. The number of carbonyl (C=O) groups is 5. The van der Waals surface area contributed by atoms with Crippen molar-refractivity contribution in [2.75, 3.05) is 26.0 Å². The Bertz CT molecular complexity index is 1870. The zero-order valence-corrected chi connectivity index (χ0v) is 36.3. The third-order valence-electron chi connectivity index (χ3n) is 12.2. The van der Waals surface area contributed by atoms with Crippen LogP contribution in [0.15, 0.2) is 47.0 Å². The van der Waals surface area contributed by atoms with Crippen LogP contribution in [-0.2, 0) is 38.1 Å². The number of fused-ring (bicyclic) bond motifs is 1. The minimum absolute atomic E-state index is 0.0236. The molecule has 13 atom stereocenters. The van der Waals surface area contributed by atoms with E-state index in [1.165, 1.54) is 13.0 Å². The van der Waals surface area contributed by atoms with Gasteiger partial charge in [-0.05, 0) is 91.4 Å². The number of cyclic esters (lactones) is 1. The van der Waals surface area contributed by atoms with Crippen molar-refractivity contribution in [3.63, 3.8) is 0 Å². The van der Waals surface area contributed by atoms with Gasteiger partial charge in [-0.25, -0.2) is 9.78 Å². The summed E-state index contributed by atoms with van der Waals surface area (Å²) in [6.07, 6.45) is 0.743. The van der Waals surface area contributed by atoms with Gasteiger partial charge < -0.3 is 48.7 Å². The summed E-state index contributed by atoms with van der Waals surface area (Å²) < 4.78 is 37.2. The minimum Gasteiger partial charge on any atom is -0.457 e. The number of anilines is 1. The maximum Gasteiger partial charge on any atom is 0.408 e. The van der Waals surface area contributed by atoms with Gasteiger partial charge in [0.1, 0.15) is 35.5 Å². The molecule has 5 rings (SSSR count). The predicted molar refractivity (Wildman–Crippen MR) is 219 cm³/mol. The van der Waals surface area contributed by atoms with Gasteiger partial charge in [0.25, 0.3) is 5.91 Å². The monoisotopic (exact) mass is 838 g/mol. The van der Waals surface area contributed by atoms with Crippen molar-refractivity contribution >= 4 is 41.4 Å². The first-order valence-electron chi connectivity index (χ1n) is 20.8. The Morgan fingerprint density at radius 3 is 2.45 bits per heavy atom. The number of nitrogens with one attached hydrogen (secondary N) is 2. The molecule has 16 nitrogen and oxygen atoms in total. The summed E-state index contributed by atoms with van der Waals surface area (Å²) in [4.78, 5) is 74.6. The van der Waals surface area contributed by atoms with Crippen LogP contribution in [0.3, 0.4) is 0 Å². The van der Waals surface area contributed by atoms with Crippen molar-refractivity contribution in [1.29, 1.82) is 0 Å². The van der Waals surface area contributed by atoms with Crippen molar-refractivity contribution in [3.8, 4) is 0 Å². The van der Waals surface area contributed by atoms with Crippen molar-refractivity contribution < 1.29 is 57.2 Å². The molecular formula is C44H62N4O12. The molecule has 2 aromatic rings. The number of hydrogen-bond donors (Lipinski definition) is 3. The summed E-state index contributed by atoms with van der Waals surface area (Å²) in [5.41, 5.74) is -2.86. The molecule has 2 amide bonds. The van der Waals surface area contributed by atoms with Gasteiger partial charge >= 0.3 is 12.1 Å². The fourth-order valence-electron chi connectivity index (χ4n) is 8.83. The third-order valence-corrected chi connectivity index (χ3v) is 12.2. The highest BCUT2D eigenvalue weighted by Gasteiger charge is 2.57. The van der Waals surface area contributed by atoms with Gasteiger partial charge in [-0.2, -0.15) is 0 Å². The van der Waals surface area contributed by atoms with Crippen LogP contribution in [0, 0.1) is 23.7 Å². The van der Waals surface area contributed by atoms with Gasteiger partial charge in [-0.3, -0.25) is 19.2 Å². The molecule has 16 heteroatoms. The number of ether oxygens (including phenoxy) is 5. The number of amides is 2. The molecule has 60 heavy (non-hydrogen) atoms. The van der Waals surface area contributed by atoms with Gasteiger partial charge in [0.15, 0.2) is 23.4 Å². The number of Topliss-reactive ketones (excluding diaryl/α,β-unsaturated/α-hetero) is 2. The molecule has 0 radical (unpaired) electrons. The lowest BCUT2D eigenvalue weighted by Crippen LogP contribution is -2.60. The van der Waals surface area contributed by atoms with Crippen LogP contribution in [0.2, 0.25) is 0 Å². The number of aliphatic hydroxyl groups is 1. The number of pyridine rings is 1. The highest BCUT2D eigenvalue weighted by molar-refractivity contribution is 6.02. The number of likely N-dealkylation sites (N-methyl/N-ethyl adjacent to an activating group) is 1. The zero-order chi connectivity index (χ0) is 44.1. The average molecular weight is 839 g/mol. The first-order valence-corrected chi connectivity index (χ1v) is 20.8. The number of esters is 1. The van der Waals surface area contributed by atoms with E-state index in [0.717, 1.165) is 0 Å². The summed E-state index contributed by atoms with van der Waals surface area (Å²) in [7, 11) is 3.70. The molecule has 3 aliphatic rings. The van der Waals surface area contributed by atoms with Crippen LogP contribution >= 0.6 is 0 Å². The average Bonchev–Trinajstić information content (AvgIpc) is 3.81. The van der Waals surface area contributed by atoms with Crippen LogP contribution in [0.1, 0.15) is 97.4 Å². The van der Waals surface area contributed by atoms with E-state index in [-0.39, 0.29) is 36.7 Å². The molecule has 0 spiro atoms. The molecule has 0 aromatic carbocycles. The van der Waals surface area contributed by atoms with Crippen molar-refractivity contribution in [2.45, 2.75) is 135 Å². The van der Waals surface area contributed by atoms with Crippen LogP contribution in [0.25, 0.3) is 6.08 Å². The number of aromatic nitrogens is 1. The molecule has 0 unspecified atom stereocenters. The number of ketones is 2. The summed E-state index contributed by atoms with van der Waals surface area (Å²) in [6.45, 7) is 13.6. The molecule has 3 aliphatic heterocycles. The number of alkyl carbamates (subject to hydrolysis) is 1. The number of aliphatic hydroxyl groups excluding tert-OH is 1. The van der Waals surface area contributed by atoms with Crippen molar-refractivity contribution in [3.05, 3.63) is 54.1 Å². The topological polar surface area (TPSA) is 205 Å². The SMILES string of the molecule is CCC[C@H]1OC(=O)[C@H](C)C(=O)[C@H](C)[C@@H](O[C@@H]2O[C@H](C)C[C@H](N(C)C)[C@H]2O)[C@](C)(OC/C=C/c2ccc(C(=O)Nc3ccccn3)o2)C[C@@H](C)C(=O)[C@H](C)[C@@H]2NC(=O)O[C@]12C. The predicted octanol–water partition coefficient (Wildman–Crippen LogP) is 5.19. The Balaban J connectivity index is 1.51. The van der Waals surface area contributed by atoms with E-state index in [1.54, 1.807) is 77.2 Å². The first-order chi connectivity index (χ1) is 28.3. The van der Waals surface area contributed by atoms with E-state index in [9.17, 15) is 29.1 Å². The molecule has 3 fully saturated rings. The third kappa shape index (κ3) is 10.3. The van der Waals surface area contributed by atoms with Crippen molar-refractivity contribution in [1.82, 2.24) is 15.2 Å². The first kappa shape index (κ1) is 46.6. The molecule has 0 bridgehead atoms. The molecule has 2 aromatic heterocycles. The summed E-state index contributed by atoms with van der Waals surface area (Å²) in [5.74, 6) is -5.13. The van der Waals surface area contributed by atoms with Crippen LogP contribution in [-0.4, -0.2) is 119 Å². The Hall–Kier alpha value is -4.48. The van der Waals surface area contributed by atoms with Crippen LogP contribution in [0.5, 0.6) is 0 Å². The zero-order valence-electron chi connectivity index (χ0n) is 36.3. The van der Waals surface area contributed by atoms with Crippen molar-refractivity contribution in [2.24, 2.45) is 23.7 Å². The largest absolute Gasteiger partial charge is 0.457 e. The number of carbonyl (C=O) groups excluding carboxylic acids is 5. The van der Waals surface area contributed by atoms with Gasteiger partial charge in [0.05, 0.1) is 30.5 Å². The highest BCUT2D eigenvalue weighted by atomic mass is 16.7. The van der Waals surface area contributed by atoms with E-state index in [4.69, 9.17) is 28.1 Å². The van der Waals surface area contributed by atoms with E-state index in [0.29, 0.717) is 30.8 Å². The Morgan fingerprint density at radius 2 is 1.78 bits per heavy atom. The number of rotatable bonds is 11. The Kier molecular flexibility index (Phi) is 15.1. The number of hydrogen-bond acceptors (Lipinski definition) is 14. The fourth-order valence-corrected chi connectivity index (χ4v) is 8.83. The maximum atomic E-state index is 14.5. The lowest BCUT2D eigenvalue weighted by Gasteiger charge is -2.47. The summed E-state index contributed by atoms with van der Waals surface area (Å²) in [5, 5.41) is 17.1. The van der Waals surface area contributed by atoms with Gasteiger partial charge in [-0.15, -0.1) is 0 Å². The Labute approximate surface area is 352 Å². The molecule has 330 valence electrons. The lowest BCUT2D eigenvalue weighted by atomic mass is 9.73. The quantitative estimate of drug-likeness (QED) is 0.197. The standard InChI is InChI=1S/C44H62N4O12/c1-11-15-32-44(8)37(47-42(54)60-44)26(4)34(49)24(2)23-43(7,55-21-14-16-29-18-19-31(57-29)39(52)46-33-17-12-13-20-45-33)38(27(5)35(50)28(6)40(53)58-32)59-41-36(51)30(48(9)10)22-25(3)56-41/h12-14,16-20,24-28,30,32,36-38,41,51H,11,15,21-23H2,1-10H3,(H,47,54)(H,45,46,52)/b16-14+/t24-,25-,26+,27+,28-,30+,32-,36-,37+,38-,41+,43-,44-/m1/s1. The second kappa shape index (κ2) is 19.5. The van der Waals surface area contributed by atoms with Gasteiger partial charge in [0, 0.05) is 30.0 Å². The maximum absolute atomic E-state index is 14.5. The molecule has 0 aliphatic carbocycles. The molecule has 3 saturated heterocycles. The lowest BCUT2D eigenvalue weighted by molar-refractivity contribution is -0.296. The molecule has 0 saturated carbocycles. The number of furan rings is 1. The minimum atomic E-state index is -1.44. The van der Waals surface area contributed by atoms with E-state index in [2.05, 4.69) is 15.6 Å². The molecule has 5 heterocycles. The van der Waals surface area contributed by atoms with E-state index in [1.807, 2.05) is 32.8 Å². The summed E-state index contributed by atoms with van der Waals surface area (Å²) >= 11 is 0. The van der Waals surface area contributed by atoms with E-state index < -0.39 is 89.3 Å². The molecule has 3 N–H and O–H groups in total.